The number of hydrogen-bond acceptors (Lipinski definition) is 5. The lowest BCUT2D eigenvalue weighted by molar-refractivity contribution is -0.0201. The van der Waals surface area contributed by atoms with E-state index >= 15 is 0 Å². The minimum absolute atomic E-state index is 0.555. The summed E-state index contributed by atoms with van der Waals surface area (Å²) in [5.74, 6) is 4.43. The van der Waals surface area contributed by atoms with Crippen LogP contribution in [0.3, 0.4) is 0 Å². The fraction of sp³-hybridized carbons (Fsp3) is 0.583. The van der Waals surface area contributed by atoms with Gasteiger partial charge < -0.3 is 9.64 Å². The standard InChI is InChI=1S/C24H32N4O/c1-16-12-25-17(2)26-24(16)27-13-18-11-20(15-27)23-6-4-5-22(28(23)14-18)19-7-9-21(29-3)10-8-19/h7-10,12,18,20,22-23H,4-6,11,13-15H2,1-3H3/t18-,20+,22+,23-/m0/s1. The van der Waals surface area contributed by atoms with Crippen LogP contribution in [-0.2, 0) is 0 Å². The molecule has 4 heterocycles. The van der Waals surface area contributed by atoms with Crippen LogP contribution in [0.25, 0.3) is 0 Å². The highest BCUT2D eigenvalue weighted by molar-refractivity contribution is 5.46. The number of nitrogens with zero attached hydrogens (tertiary/aromatic N) is 4. The summed E-state index contributed by atoms with van der Waals surface area (Å²) in [6.45, 7) is 7.59. The molecular weight excluding hydrogens is 360 g/mol. The predicted octanol–water partition coefficient (Wildman–Crippen LogP) is 4.15. The van der Waals surface area contributed by atoms with Crippen LogP contribution in [0, 0.1) is 25.7 Å². The lowest BCUT2D eigenvalue weighted by Crippen LogP contribution is -2.60. The lowest BCUT2D eigenvalue weighted by atomic mass is 9.74. The average Bonchev–Trinajstić information content (AvgIpc) is 2.75. The second kappa shape index (κ2) is 7.60. The topological polar surface area (TPSA) is 41.5 Å². The van der Waals surface area contributed by atoms with Crippen LogP contribution in [0.2, 0.25) is 0 Å². The number of rotatable bonds is 3. The molecule has 0 spiro atoms. The highest BCUT2D eigenvalue weighted by Crippen LogP contribution is 2.45. The molecule has 2 aromatic rings. The number of methoxy groups -OCH3 is 1. The Hall–Kier alpha value is -2.14. The van der Waals surface area contributed by atoms with Gasteiger partial charge in [0.2, 0.25) is 0 Å². The van der Waals surface area contributed by atoms with Crippen LogP contribution in [0.1, 0.15) is 48.7 Å². The second-order valence-electron chi connectivity index (χ2n) is 9.17. The van der Waals surface area contributed by atoms with Gasteiger partial charge in [-0.1, -0.05) is 12.1 Å². The molecule has 0 amide bonds. The number of anilines is 1. The second-order valence-corrected chi connectivity index (χ2v) is 9.17. The summed E-state index contributed by atoms with van der Waals surface area (Å²) in [4.78, 5) is 14.6. The number of benzene rings is 1. The van der Waals surface area contributed by atoms with E-state index in [1.165, 1.54) is 43.4 Å². The van der Waals surface area contributed by atoms with Crippen molar-refractivity contribution in [3.8, 4) is 5.75 Å². The van der Waals surface area contributed by atoms with Crippen molar-refractivity contribution in [3.63, 3.8) is 0 Å². The number of piperidine rings is 3. The van der Waals surface area contributed by atoms with Gasteiger partial charge >= 0.3 is 0 Å². The summed E-state index contributed by atoms with van der Waals surface area (Å²) in [6, 6.07) is 10.0. The van der Waals surface area contributed by atoms with Crippen LogP contribution in [0.5, 0.6) is 5.75 Å². The van der Waals surface area contributed by atoms with E-state index in [2.05, 4.69) is 46.0 Å². The van der Waals surface area contributed by atoms with Crippen LogP contribution < -0.4 is 9.64 Å². The minimum atomic E-state index is 0.555. The Balaban J connectivity index is 1.38. The number of ether oxygens (including phenoxy) is 1. The predicted molar refractivity (Wildman–Crippen MR) is 115 cm³/mol. The molecule has 3 fully saturated rings. The molecule has 3 saturated heterocycles. The van der Waals surface area contributed by atoms with E-state index in [1.54, 1.807) is 7.11 Å². The van der Waals surface area contributed by atoms with Crippen molar-refractivity contribution in [2.24, 2.45) is 11.8 Å². The highest BCUT2D eigenvalue weighted by Gasteiger charge is 2.45. The molecule has 29 heavy (non-hydrogen) atoms. The molecule has 154 valence electrons. The maximum Gasteiger partial charge on any atom is 0.135 e. The summed E-state index contributed by atoms with van der Waals surface area (Å²) in [5, 5.41) is 0. The molecule has 0 unspecified atom stereocenters. The molecule has 3 aliphatic heterocycles. The van der Waals surface area contributed by atoms with E-state index < -0.39 is 0 Å². The third kappa shape index (κ3) is 3.50. The molecular formula is C24H32N4O. The van der Waals surface area contributed by atoms with Crippen LogP contribution in [0.15, 0.2) is 30.5 Å². The third-order valence-corrected chi connectivity index (χ3v) is 7.25. The minimum Gasteiger partial charge on any atom is -0.497 e. The smallest absolute Gasteiger partial charge is 0.135 e. The third-order valence-electron chi connectivity index (χ3n) is 7.25. The summed E-state index contributed by atoms with van der Waals surface area (Å²) in [7, 11) is 1.74. The highest BCUT2D eigenvalue weighted by atomic mass is 16.5. The molecule has 4 atom stereocenters. The molecule has 3 aliphatic rings. The molecule has 1 aromatic carbocycles. The Morgan fingerprint density at radius 3 is 2.66 bits per heavy atom. The zero-order valence-electron chi connectivity index (χ0n) is 17.8. The molecule has 2 bridgehead atoms. The zero-order valence-corrected chi connectivity index (χ0v) is 17.8. The first-order valence-corrected chi connectivity index (χ1v) is 11.1. The van der Waals surface area contributed by atoms with Crippen molar-refractivity contribution in [3.05, 3.63) is 47.4 Å². The first-order chi connectivity index (χ1) is 14.1. The van der Waals surface area contributed by atoms with Gasteiger partial charge in [-0.15, -0.1) is 0 Å². The Morgan fingerprint density at radius 1 is 1.03 bits per heavy atom. The van der Waals surface area contributed by atoms with Crippen molar-refractivity contribution < 1.29 is 4.74 Å². The van der Waals surface area contributed by atoms with E-state index in [1.807, 2.05) is 13.1 Å². The molecule has 5 rings (SSSR count). The van der Waals surface area contributed by atoms with Crippen molar-refractivity contribution in [2.45, 2.75) is 51.6 Å². The molecule has 5 heteroatoms. The van der Waals surface area contributed by atoms with Gasteiger partial charge in [0, 0.05) is 43.5 Å². The van der Waals surface area contributed by atoms with Crippen LogP contribution >= 0.6 is 0 Å². The Morgan fingerprint density at radius 2 is 1.86 bits per heavy atom. The SMILES string of the molecule is COc1ccc([C@H]2CCC[C@H]3[C@@H]4C[C@@H](CN(c5nc(C)ncc5C)C4)CN23)cc1. The van der Waals surface area contributed by atoms with Gasteiger partial charge in [-0.3, -0.25) is 4.90 Å². The molecule has 1 aromatic heterocycles. The van der Waals surface area contributed by atoms with Crippen molar-refractivity contribution in [1.82, 2.24) is 14.9 Å². The van der Waals surface area contributed by atoms with Gasteiger partial charge in [0.25, 0.3) is 0 Å². The van der Waals surface area contributed by atoms with Crippen molar-refractivity contribution in [1.29, 1.82) is 0 Å². The summed E-state index contributed by atoms with van der Waals surface area (Å²) < 4.78 is 5.37. The zero-order chi connectivity index (χ0) is 20.0. The normalized spacial score (nSPS) is 29.4. The monoisotopic (exact) mass is 392 g/mol. The van der Waals surface area contributed by atoms with E-state index in [9.17, 15) is 0 Å². The van der Waals surface area contributed by atoms with Crippen molar-refractivity contribution >= 4 is 5.82 Å². The molecule has 0 radical (unpaired) electrons. The molecule has 5 nitrogen and oxygen atoms in total. The van der Waals surface area contributed by atoms with Gasteiger partial charge in [0.15, 0.2) is 0 Å². The largest absolute Gasteiger partial charge is 0.497 e. The van der Waals surface area contributed by atoms with Gasteiger partial charge in [0.1, 0.15) is 17.4 Å². The average molecular weight is 393 g/mol. The molecule has 0 saturated carbocycles. The number of aromatic nitrogens is 2. The maximum atomic E-state index is 5.37. The number of hydrogen-bond donors (Lipinski definition) is 0. The van der Waals surface area contributed by atoms with E-state index in [0.717, 1.165) is 42.3 Å². The molecule has 0 N–H and O–H groups in total. The number of fused-ring (bicyclic) bond motifs is 4. The molecule has 0 aliphatic carbocycles. The van der Waals surface area contributed by atoms with E-state index in [-0.39, 0.29) is 0 Å². The first kappa shape index (κ1) is 18.9. The fourth-order valence-electron chi connectivity index (χ4n) is 6.00. The summed E-state index contributed by atoms with van der Waals surface area (Å²) in [5.41, 5.74) is 2.65. The first-order valence-electron chi connectivity index (χ1n) is 11.1. The van der Waals surface area contributed by atoms with Crippen molar-refractivity contribution in [2.75, 3.05) is 31.6 Å². The van der Waals surface area contributed by atoms with E-state index in [4.69, 9.17) is 9.72 Å². The Bertz CT molecular complexity index is 868. The Labute approximate surface area is 174 Å². The lowest BCUT2D eigenvalue weighted by Gasteiger charge is -2.55. The fourth-order valence-corrected chi connectivity index (χ4v) is 6.00. The van der Waals surface area contributed by atoms with Crippen LogP contribution in [-0.4, -0.2) is 47.7 Å². The summed E-state index contributed by atoms with van der Waals surface area (Å²) >= 11 is 0. The van der Waals surface area contributed by atoms with Gasteiger partial charge in [-0.25, -0.2) is 9.97 Å². The quantitative estimate of drug-likeness (QED) is 0.785. The van der Waals surface area contributed by atoms with E-state index in [0.29, 0.717) is 12.1 Å². The maximum absolute atomic E-state index is 5.37. The van der Waals surface area contributed by atoms with Crippen LogP contribution in [0.4, 0.5) is 5.82 Å². The number of aryl methyl sites for hydroxylation is 2. The van der Waals surface area contributed by atoms with Gasteiger partial charge in [-0.2, -0.15) is 0 Å². The summed E-state index contributed by atoms with van der Waals surface area (Å²) in [6.07, 6.45) is 7.28. The van der Waals surface area contributed by atoms with Gasteiger partial charge in [0.05, 0.1) is 7.11 Å². The Kier molecular flexibility index (Phi) is 4.94. The van der Waals surface area contributed by atoms with Gasteiger partial charge in [-0.05, 0) is 69.1 Å².